The second-order valence-corrected chi connectivity index (χ2v) is 16.0. The van der Waals surface area contributed by atoms with Crippen LogP contribution in [0.5, 0.6) is 5.75 Å². The highest BCUT2D eigenvalue weighted by molar-refractivity contribution is 6.24. The number of aromatic nitrogens is 1. The Morgan fingerprint density at radius 1 is 0.691 bits per heavy atom. The van der Waals surface area contributed by atoms with Crippen LogP contribution in [0.15, 0.2) is 85.1 Å². The number of hydrogen-bond donors (Lipinski definition) is 1. The van der Waals surface area contributed by atoms with Gasteiger partial charge in [-0.05, 0) is 103 Å². The third-order valence-corrected chi connectivity index (χ3v) is 12.8. The Morgan fingerprint density at radius 2 is 1.47 bits per heavy atom. The molecule has 3 fully saturated rings. The number of piperidine rings is 1. The van der Waals surface area contributed by atoms with Gasteiger partial charge in [-0.25, -0.2) is 4.98 Å². The topological polar surface area (TPSA) is 114 Å². The van der Waals surface area contributed by atoms with E-state index in [9.17, 15) is 24.3 Å². The number of rotatable bonds is 7. The quantitative estimate of drug-likeness (QED) is 0.181. The maximum Gasteiger partial charge on any atom is 0.262 e. The number of hydrogen-bond acceptors (Lipinski definition) is 9. The minimum absolute atomic E-state index is 0.133. The lowest BCUT2D eigenvalue weighted by Gasteiger charge is -2.40. The van der Waals surface area contributed by atoms with Crippen LogP contribution in [0.4, 0.5) is 11.5 Å². The number of phenols is 1. The van der Waals surface area contributed by atoms with Crippen LogP contribution in [0.25, 0.3) is 0 Å². The van der Waals surface area contributed by atoms with Gasteiger partial charge in [0, 0.05) is 70.0 Å². The smallest absolute Gasteiger partial charge is 0.262 e. The SMILES string of the molecule is O=C1CCC(N2C(=O)c3ccc(N4CCN(CC5CCN(c6ccc([C@@H]7c8ccc(O)cc8CC[C@@H]7c7ccccc7)cn6)CC5)CC4)cc3C2=O)C(=O)C1. The number of Topliss-reactive ketones (excluding diaryl/α,β-unsaturated/α-hetero) is 2. The van der Waals surface area contributed by atoms with Crippen molar-refractivity contribution in [1.82, 2.24) is 14.8 Å². The average Bonchev–Trinajstić information content (AvgIpc) is 3.46. The van der Waals surface area contributed by atoms with Gasteiger partial charge in [-0.3, -0.25) is 29.0 Å². The van der Waals surface area contributed by atoms with Crippen molar-refractivity contribution >= 4 is 34.9 Å². The number of pyridine rings is 1. The van der Waals surface area contributed by atoms with Crippen LogP contribution < -0.4 is 9.80 Å². The summed E-state index contributed by atoms with van der Waals surface area (Å²) in [6.07, 6.45) is 6.51. The Balaban J connectivity index is 0.788. The van der Waals surface area contributed by atoms with Gasteiger partial charge in [0.1, 0.15) is 17.4 Å². The second-order valence-electron chi connectivity index (χ2n) is 16.0. The van der Waals surface area contributed by atoms with Gasteiger partial charge in [0.15, 0.2) is 5.78 Å². The van der Waals surface area contributed by atoms with Crippen LogP contribution in [0.3, 0.4) is 0 Å². The van der Waals surface area contributed by atoms with Crippen LogP contribution in [-0.4, -0.2) is 95.1 Å². The summed E-state index contributed by atoms with van der Waals surface area (Å²) in [7, 11) is 0. The summed E-state index contributed by atoms with van der Waals surface area (Å²) in [4.78, 5) is 64.2. The summed E-state index contributed by atoms with van der Waals surface area (Å²) in [6, 6.07) is 25.7. The van der Waals surface area contributed by atoms with Gasteiger partial charge in [-0.15, -0.1) is 0 Å². The number of anilines is 2. The molecule has 1 aromatic heterocycles. The number of phenolic OH excluding ortho intramolecular Hbond substituents is 1. The average molecular weight is 738 g/mol. The van der Waals surface area contributed by atoms with E-state index in [0.29, 0.717) is 28.7 Å². The molecule has 1 unspecified atom stereocenters. The molecule has 3 atom stereocenters. The first-order valence-corrected chi connectivity index (χ1v) is 19.9. The first kappa shape index (κ1) is 35.4. The number of aryl methyl sites for hydroxylation is 1. The summed E-state index contributed by atoms with van der Waals surface area (Å²) in [5.74, 6) is 1.17. The molecule has 55 heavy (non-hydrogen) atoms. The molecule has 0 radical (unpaired) electrons. The minimum Gasteiger partial charge on any atom is -0.508 e. The van der Waals surface area contributed by atoms with E-state index in [1.165, 1.54) is 22.3 Å². The molecule has 1 N–H and O–H groups in total. The lowest BCUT2D eigenvalue weighted by molar-refractivity contribution is -0.132. The lowest BCUT2D eigenvalue weighted by atomic mass is 9.69. The van der Waals surface area contributed by atoms with Crippen molar-refractivity contribution in [3.05, 3.63) is 118 Å². The number of carbonyl (C=O) groups is 4. The number of benzene rings is 3. The van der Waals surface area contributed by atoms with Crippen molar-refractivity contribution in [2.45, 2.75) is 62.8 Å². The van der Waals surface area contributed by atoms with Crippen molar-refractivity contribution in [3.8, 4) is 5.75 Å². The maximum absolute atomic E-state index is 13.4. The van der Waals surface area contributed by atoms with E-state index in [0.717, 1.165) is 87.9 Å². The third kappa shape index (κ3) is 6.81. The van der Waals surface area contributed by atoms with Crippen molar-refractivity contribution < 1.29 is 24.3 Å². The van der Waals surface area contributed by atoms with Crippen molar-refractivity contribution in [3.63, 3.8) is 0 Å². The van der Waals surface area contributed by atoms with Crippen molar-refractivity contribution in [2.75, 3.05) is 55.6 Å². The molecule has 1 saturated carbocycles. The van der Waals surface area contributed by atoms with Gasteiger partial charge in [-0.1, -0.05) is 42.5 Å². The number of fused-ring (bicyclic) bond motifs is 2. The summed E-state index contributed by atoms with van der Waals surface area (Å²) >= 11 is 0. The van der Waals surface area contributed by atoms with E-state index in [1.807, 2.05) is 18.2 Å². The zero-order valence-corrected chi connectivity index (χ0v) is 31.1. The first-order valence-electron chi connectivity index (χ1n) is 19.9. The lowest BCUT2D eigenvalue weighted by Crippen LogP contribution is -2.49. The number of carbonyl (C=O) groups excluding carboxylic acids is 4. The highest BCUT2D eigenvalue weighted by Crippen LogP contribution is 2.47. The zero-order chi connectivity index (χ0) is 37.6. The van der Waals surface area contributed by atoms with Gasteiger partial charge >= 0.3 is 0 Å². The maximum atomic E-state index is 13.4. The molecule has 3 aliphatic heterocycles. The predicted octanol–water partition coefficient (Wildman–Crippen LogP) is 5.97. The van der Waals surface area contributed by atoms with Crippen LogP contribution in [0, 0.1) is 5.92 Å². The largest absolute Gasteiger partial charge is 0.508 e. The molecular formula is C45H47N5O5. The van der Waals surface area contributed by atoms with Gasteiger partial charge in [0.2, 0.25) is 0 Å². The second kappa shape index (κ2) is 14.7. The van der Waals surface area contributed by atoms with E-state index < -0.39 is 17.9 Å². The van der Waals surface area contributed by atoms with E-state index >= 15 is 0 Å². The Kier molecular flexibility index (Phi) is 9.46. The fourth-order valence-electron chi connectivity index (χ4n) is 9.80. The van der Waals surface area contributed by atoms with Gasteiger partial charge in [-0.2, -0.15) is 0 Å². The minimum atomic E-state index is -0.850. The molecule has 4 heterocycles. The Labute approximate surface area is 321 Å². The molecule has 282 valence electrons. The number of amides is 2. The molecule has 10 nitrogen and oxygen atoms in total. The van der Waals surface area contributed by atoms with E-state index in [-0.39, 0.29) is 36.7 Å². The number of nitrogens with zero attached hydrogens (tertiary/aromatic N) is 5. The molecule has 3 aromatic carbocycles. The van der Waals surface area contributed by atoms with Gasteiger partial charge in [0.25, 0.3) is 11.8 Å². The summed E-state index contributed by atoms with van der Waals surface area (Å²) in [6.45, 7) is 6.56. The number of ketones is 2. The molecule has 0 spiro atoms. The monoisotopic (exact) mass is 737 g/mol. The normalized spacial score (nSPS) is 23.6. The Morgan fingerprint density at radius 3 is 2.22 bits per heavy atom. The standard InChI is InChI=1S/C45H47N5O5/c51-34-9-13-37-31(24-34)6-11-36(30-4-2-1-3-5-30)43(37)32-7-15-42(46-27-32)49-18-16-29(17-19-49)28-47-20-22-48(23-21-47)33-8-12-38-39(25-33)45(55)50(44(38)54)40-14-10-35(52)26-41(40)53/h1-5,7-9,12-13,15,24-25,27,29,36,40,43,51H,6,10-11,14,16-23,26,28H2/t36-,40?,43+/m1/s1. The molecule has 2 saturated heterocycles. The van der Waals surface area contributed by atoms with Crippen molar-refractivity contribution in [2.24, 2.45) is 5.92 Å². The summed E-state index contributed by atoms with van der Waals surface area (Å²) < 4.78 is 0. The fraction of sp³-hybridized carbons (Fsp3) is 0.400. The molecule has 10 heteroatoms. The highest BCUT2D eigenvalue weighted by Gasteiger charge is 2.44. The highest BCUT2D eigenvalue weighted by atomic mass is 16.3. The van der Waals surface area contributed by atoms with Crippen LogP contribution in [-0.2, 0) is 16.0 Å². The molecule has 2 amide bonds. The molecule has 0 bridgehead atoms. The van der Waals surface area contributed by atoms with E-state index in [1.54, 1.807) is 12.1 Å². The van der Waals surface area contributed by atoms with Crippen LogP contribution in [0.1, 0.15) is 93.3 Å². The molecular weight excluding hydrogens is 691 g/mol. The number of imide groups is 1. The molecule has 9 rings (SSSR count). The van der Waals surface area contributed by atoms with E-state index in [2.05, 4.69) is 69.4 Å². The Bertz CT molecular complexity index is 2120. The Hall–Kier alpha value is -5.35. The molecule has 4 aromatic rings. The third-order valence-electron chi connectivity index (χ3n) is 12.8. The number of piperazine rings is 1. The van der Waals surface area contributed by atoms with Crippen LogP contribution in [0.2, 0.25) is 0 Å². The summed E-state index contributed by atoms with van der Waals surface area (Å²) in [5, 5.41) is 10.2. The predicted molar refractivity (Wildman–Crippen MR) is 210 cm³/mol. The molecule has 2 aliphatic carbocycles. The van der Waals surface area contributed by atoms with E-state index in [4.69, 9.17) is 4.98 Å². The summed E-state index contributed by atoms with van der Waals surface area (Å²) in [5.41, 5.74) is 6.68. The molecule has 5 aliphatic rings. The van der Waals surface area contributed by atoms with Crippen LogP contribution >= 0.6 is 0 Å². The zero-order valence-electron chi connectivity index (χ0n) is 31.1. The number of aromatic hydroxyl groups is 1. The van der Waals surface area contributed by atoms with Gasteiger partial charge in [0.05, 0.1) is 23.6 Å². The fourth-order valence-corrected chi connectivity index (χ4v) is 9.80. The van der Waals surface area contributed by atoms with Gasteiger partial charge < -0.3 is 14.9 Å². The first-order chi connectivity index (χ1) is 26.8. The van der Waals surface area contributed by atoms with Crippen molar-refractivity contribution in [1.29, 1.82) is 0 Å².